The highest BCUT2D eigenvalue weighted by Gasteiger charge is 2.31. The fraction of sp³-hybridized carbons (Fsp3) is 0.500. The van der Waals surface area contributed by atoms with E-state index in [9.17, 15) is 18.0 Å². The maximum Gasteiger partial charge on any atom is 0.328 e. The lowest BCUT2D eigenvalue weighted by molar-refractivity contribution is -0.131. The predicted octanol–water partition coefficient (Wildman–Crippen LogP) is 1.62. The fourth-order valence-corrected chi connectivity index (χ4v) is 0.396. The van der Waals surface area contributed by atoms with E-state index in [-0.39, 0.29) is 0 Å². The Balaban J connectivity index is 4.46. The molecule has 0 spiro atoms. The second kappa shape index (κ2) is 3.41. The van der Waals surface area contributed by atoms with Gasteiger partial charge in [-0.25, -0.2) is 9.18 Å². The number of carboxylic acids is 1. The van der Waals surface area contributed by atoms with Gasteiger partial charge in [0.2, 0.25) is 0 Å². The lowest BCUT2D eigenvalue weighted by Crippen LogP contribution is -2.21. The van der Waals surface area contributed by atoms with Crippen LogP contribution in [0, 0.1) is 0 Å². The van der Waals surface area contributed by atoms with E-state index in [1.54, 1.807) is 0 Å². The van der Waals surface area contributed by atoms with Crippen molar-refractivity contribution >= 4 is 5.97 Å². The molecule has 5 heteroatoms. The van der Waals surface area contributed by atoms with Gasteiger partial charge in [-0.1, -0.05) is 0 Å². The molecule has 0 unspecified atom stereocenters. The molecule has 0 aromatic carbocycles. The van der Waals surface area contributed by atoms with Gasteiger partial charge in [-0.3, -0.25) is 0 Å². The predicted molar refractivity (Wildman–Crippen MR) is 32.3 cm³/mol. The molecule has 0 aliphatic heterocycles. The Morgan fingerprint density at radius 1 is 1.64 bits per heavy atom. The molecule has 0 saturated carbocycles. The second-order valence-electron chi connectivity index (χ2n) is 2.00. The first-order valence-electron chi connectivity index (χ1n) is 2.75. The minimum atomic E-state index is -3.65. The van der Waals surface area contributed by atoms with Gasteiger partial charge in [0.25, 0.3) is 5.92 Å². The number of rotatable bonds is 3. The van der Waals surface area contributed by atoms with Crippen molar-refractivity contribution in [3.05, 3.63) is 11.6 Å². The lowest BCUT2D eigenvalue weighted by Gasteiger charge is -2.10. The Hall–Kier alpha value is -1.00. The number of halogens is 3. The number of alkyl halides is 3. The molecule has 0 fully saturated rings. The van der Waals surface area contributed by atoms with E-state index in [1.165, 1.54) is 0 Å². The molecule has 0 rings (SSSR count). The Kier molecular flexibility index (Phi) is 3.10. The molecule has 0 aliphatic carbocycles. The molecule has 11 heavy (non-hydrogen) atoms. The van der Waals surface area contributed by atoms with Gasteiger partial charge in [-0.15, -0.1) is 0 Å². The number of hydrogen-bond acceptors (Lipinski definition) is 1. The van der Waals surface area contributed by atoms with Crippen LogP contribution in [-0.2, 0) is 4.79 Å². The van der Waals surface area contributed by atoms with Crippen molar-refractivity contribution in [2.45, 2.75) is 12.8 Å². The highest BCUT2D eigenvalue weighted by Crippen LogP contribution is 2.23. The molecule has 0 amide bonds. The van der Waals surface area contributed by atoms with Crippen molar-refractivity contribution in [2.75, 3.05) is 6.67 Å². The fourth-order valence-electron chi connectivity index (χ4n) is 0.396. The summed E-state index contributed by atoms with van der Waals surface area (Å²) >= 11 is 0. The van der Waals surface area contributed by atoms with Crippen LogP contribution in [0.5, 0.6) is 0 Å². The minimum absolute atomic E-state index is 0.291. The standard InChI is InChI=1S/C6H7F3O2/c1-4(2-5(10)11)6(8,9)3-7/h2H,3H2,1H3,(H,10,11). The molecule has 0 radical (unpaired) electrons. The molecule has 0 aromatic rings. The molecule has 64 valence electrons. The monoisotopic (exact) mass is 168 g/mol. The van der Waals surface area contributed by atoms with Crippen LogP contribution in [0.1, 0.15) is 6.92 Å². The normalized spacial score (nSPS) is 13.3. The van der Waals surface area contributed by atoms with Gasteiger partial charge in [0.15, 0.2) is 6.67 Å². The summed E-state index contributed by atoms with van der Waals surface area (Å²) in [6.45, 7) is -1.00. The minimum Gasteiger partial charge on any atom is -0.478 e. The summed E-state index contributed by atoms with van der Waals surface area (Å²) in [4.78, 5) is 9.84. The molecule has 0 heterocycles. The van der Waals surface area contributed by atoms with Crippen LogP contribution in [0.4, 0.5) is 13.2 Å². The first-order chi connectivity index (χ1) is 4.90. The number of hydrogen-bond donors (Lipinski definition) is 1. The number of carbonyl (C=O) groups is 1. The van der Waals surface area contributed by atoms with Crippen molar-refractivity contribution < 1.29 is 23.1 Å². The Morgan fingerprint density at radius 3 is 2.36 bits per heavy atom. The van der Waals surface area contributed by atoms with Gasteiger partial charge in [0, 0.05) is 11.6 Å². The highest BCUT2D eigenvalue weighted by atomic mass is 19.3. The van der Waals surface area contributed by atoms with Crippen LogP contribution in [0.2, 0.25) is 0 Å². The number of allylic oxidation sites excluding steroid dienone is 1. The molecule has 1 N–H and O–H groups in total. The smallest absolute Gasteiger partial charge is 0.328 e. The first-order valence-corrected chi connectivity index (χ1v) is 2.75. The van der Waals surface area contributed by atoms with Crippen molar-refractivity contribution in [2.24, 2.45) is 0 Å². The topological polar surface area (TPSA) is 37.3 Å². The van der Waals surface area contributed by atoms with Gasteiger partial charge in [-0.2, -0.15) is 8.78 Å². The molecule has 0 aromatic heterocycles. The summed E-state index contributed by atoms with van der Waals surface area (Å²) < 4.78 is 35.9. The van der Waals surface area contributed by atoms with E-state index >= 15 is 0 Å². The lowest BCUT2D eigenvalue weighted by atomic mass is 10.1. The Morgan fingerprint density at radius 2 is 2.09 bits per heavy atom. The number of aliphatic carboxylic acids is 1. The molecule has 2 nitrogen and oxygen atoms in total. The van der Waals surface area contributed by atoms with Gasteiger partial charge in [0.1, 0.15) is 0 Å². The number of carboxylic acid groups (broad SMARTS) is 1. The molecule has 0 atom stereocenters. The van der Waals surface area contributed by atoms with Gasteiger partial charge >= 0.3 is 5.97 Å². The average Bonchev–Trinajstić information content (AvgIpc) is 1.86. The van der Waals surface area contributed by atoms with Crippen LogP contribution in [0.3, 0.4) is 0 Å². The third kappa shape index (κ3) is 3.06. The maximum absolute atomic E-state index is 12.2. The van der Waals surface area contributed by atoms with E-state index in [0.29, 0.717) is 6.08 Å². The van der Waals surface area contributed by atoms with Crippen LogP contribution in [0.15, 0.2) is 11.6 Å². The van der Waals surface area contributed by atoms with Crippen LogP contribution in [-0.4, -0.2) is 23.7 Å². The van der Waals surface area contributed by atoms with Crippen molar-refractivity contribution in [1.82, 2.24) is 0 Å². The van der Waals surface area contributed by atoms with Crippen LogP contribution in [0.25, 0.3) is 0 Å². The zero-order chi connectivity index (χ0) is 9.07. The van der Waals surface area contributed by atoms with Gasteiger partial charge in [-0.05, 0) is 6.92 Å². The molecular weight excluding hydrogens is 161 g/mol. The van der Waals surface area contributed by atoms with E-state index in [1.807, 2.05) is 0 Å². The van der Waals surface area contributed by atoms with Crippen LogP contribution >= 0.6 is 0 Å². The quantitative estimate of drug-likeness (QED) is 0.650. The summed E-state index contributed by atoms with van der Waals surface area (Å²) in [6, 6.07) is 0. The van der Waals surface area contributed by atoms with Crippen molar-refractivity contribution in [3.8, 4) is 0 Å². The first kappa shape index (κ1) is 10.0. The molecule has 0 aliphatic rings. The molecule has 0 bridgehead atoms. The summed E-state index contributed by atoms with van der Waals surface area (Å²) in [5.41, 5.74) is -0.785. The average molecular weight is 168 g/mol. The van der Waals surface area contributed by atoms with E-state index in [2.05, 4.69) is 0 Å². The summed E-state index contributed by atoms with van der Waals surface area (Å²) in [6.07, 6.45) is 0.291. The van der Waals surface area contributed by atoms with E-state index in [0.717, 1.165) is 6.92 Å². The third-order valence-electron chi connectivity index (χ3n) is 1.08. The van der Waals surface area contributed by atoms with Crippen molar-refractivity contribution in [3.63, 3.8) is 0 Å². The highest BCUT2D eigenvalue weighted by molar-refractivity contribution is 5.80. The SMILES string of the molecule is CC(=CC(=O)O)C(F)(F)CF. The van der Waals surface area contributed by atoms with Gasteiger partial charge in [0.05, 0.1) is 0 Å². The second-order valence-corrected chi connectivity index (χ2v) is 2.00. The largest absolute Gasteiger partial charge is 0.478 e. The van der Waals surface area contributed by atoms with E-state index in [4.69, 9.17) is 5.11 Å². The Labute approximate surface area is 61.3 Å². The summed E-state index contributed by atoms with van der Waals surface area (Å²) in [7, 11) is 0. The van der Waals surface area contributed by atoms with Crippen molar-refractivity contribution in [1.29, 1.82) is 0 Å². The maximum atomic E-state index is 12.2. The Bertz CT molecular complexity index is 186. The zero-order valence-corrected chi connectivity index (χ0v) is 5.77. The molecule has 0 saturated heterocycles. The van der Waals surface area contributed by atoms with Gasteiger partial charge < -0.3 is 5.11 Å². The van der Waals surface area contributed by atoms with E-state index < -0.39 is 24.1 Å². The third-order valence-corrected chi connectivity index (χ3v) is 1.08. The van der Waals surface area contributed by atoms with Crippen LogP contribution < -0.4 is 0 Å². The molecular formula is C6H7F3O2. The summed E-state index contributed by atoms with van der Waals surface area (Å²) in [5.74, 6) is -5.16. The summed E-state index contributed by atoms with van der Waals surface area (Å²) in [5, 5.41) is 8.01. The zero-order valence-electron chi connectivity index (χ0n) is 5.77.